The van der Waals surface area contributed by atoms with Gasteiger partial charge >= 0.3 is 5.97 Å². The summed E-state index contributed by atoms with van der Waals surface area (Å²) < 4.78 is 14.6. The van der Waals surface area contributed by atoms with E-state index in [4.69, 9.17) is 13.9 Å². The Bertz CT molecular complexity index is 374. The highest BCUT2D eigenvalue weighted by atomic mass is 16.5. The molecule has 1 rings (SSSR count). The molecule has 0 aliphatic rings. The predicted octanol–water partition coefficient (Wildman–Crippen LogP) is 0.931. The summed E-state index contributed by atoms with van der Waals surface area (Å²) in [6.07, 6.45) is 2.75. The third-order valence-electron chi connectivity index (χ3n) is 2.25. The van der Waals surface area contributed by atoms with Gasteiger partial charge in [0.05, 0.1) is 25.0 Å². The maximum Gasteiger partial charge on any atom is 0.325 e. The van der Waals surface area contributed by atoms with Crippen molar-refractivity contribution in [1.29, 1.82) is 0 Å². The summed E-state index contributed by atoms with van der Waals surface area (Å²) in [5.41, 5.74) is 0.399. The van der Waals surface area contributed by atoms with E-state index >= 15 is 0 Å². The van der Waals surface area contributed by atoms with E-state index in [0.29, 0.717) is 18.7 Å². The van der Waals surface area contributed by atoms with E-state index < -0.39 is 5.97 Å². The van der Waals surface area contributed by atoms with Crippen LogP contribution in [0.5, 0.6) is 0 Å². The van der Waals surface area contributed by atoms with Gasteiger partial charge in [0, 0.05) is 13.7 Å². The SMILES string of the molecule is CCOC(=O)CN(CCOC)C(=O)c1ccoc1. The Kier molecular flexibility index (Phi) is 5.93. The molecule has 0 unspecified atom stereocenters. The van der Waals surface area contributed by atoms with Crippen molar-refractivity contribution in [1.82, 2.24) is 4.90 Å². The molecule has 1 aromatic rings. The molecule has 0 radical (unpaired) electrons. The van der Waals surface area contributed by atoms with Gasteiger partial charge in [-0.15, -0.1) is 0 Å². The third kappa shape index (κ3) is 4.21. The first-order valence-corrected chi connectivity index (χ1v) is 5.65. The lowest BCUT2D eigenvalue weighted by atomic mass is 10.3. The number of amides is 1. The second-order valence-electron chi connectivity index (χ2n) is 3.54. The molecule has 6 nitrogen and oxygen atoms in total. The van der Waals surface area contributed by atoms with Crippen molar-refractivity contribution >= 4 is 11.9 Å². The van der Waals surface area contributed by atoms with Crippen LogP contribution in [-0.2, 0) is 14.3 Å². The van der Waals surface area contributed by atoms with Gasteiger partial charge in [-0.05, 0) is 13.0 Å². The molecule has 100 valence electrons. The Morgan fingerprint density at radius 1 is 1.44 bits per heavy atom. The van der Waals surface area contributed by atoms with Crippen LogP contribution < -0.4 is 0 Å². The predicted molar refractivity (Wildman–Crippen MR) is 63.1 cm³/mol. The summed E-state index contributed by atoms with van der Waals surface area (Å²) in [5, 5.41) is 0. The molecule has 0 fully saturated rings. The highest BCUT2D eigenvalue weighted by Crippen LogP contribution is 2.06. The number of rotatable bonds is 7. The Morgan fingerprint density at radius 3 is 2.78 bits per heavy atom. The molecule has 0 aliphatic carbocycles. The molecule has 0 N–H and O–H groups in total. The standard InChI is InChI=1S/C12H17NO5/c1-3-18-11(14)8-13(5-7-16-2)12(15)10-4-6-17-9-10/h4,6,9H,3,5,7-8H2,1-2H3. The number of hydrogen-bond donors (Lipinski definition) is 0. The molecule has 18 heavy (non-hydrogen) atoms. The average Bonchev–Trinajstić information content (AvgIpc) is 2.87. The van der Waals surface area contributed by atoms with E-state index in [1.807, 2.05) is 0 Å². The lowest BCUT2D eigenvalue weighted by molar-refractivity contribution is -0.143. The monoisotopic (exact) mass is 255 g/mol. The van der Waals surface area contributed by atoms with Crippen molar-refractivity contribution in [3.63, 3.8) is 0 Å². The van der Waals surface area contributed by atoms with E-state index in [0.717, 1.165) is 0 Å². The first-order chi connectivity index (χ1) is 8.69. The van der Waals surface area contributed by atoms with Crippen molar-refractivity contribution in [2.75, 3.05) is 33.4 Å². The minimum absolute atomic E-state index is 0.0960. The molecule has 0 atom stereocenters. The van der Waals surface area contributed by atoms with Crippen LogP contribution in [0.15, 0.2) is 23.0 Å². The van der Waals surface area contributed by atoms with Gasteiger partial charge in [-0.1, -0.05) is 0 Å². The molecule has 1 heterocycles. The van der Waals surface area contributed by atoms with Gasteiger partial charge in [0.2, 0.25) is 0 Å². The minimum Gasteiger partial charge on any atom is -0.472 e. The molecular weight excluding hydrogens is 238 g/mol. The Labute approximate surface area is 105 Å². The van der Waals surface area contributed by atoms with Gasteiger partial charge < -0.3 is 18.8 Å². The normalized spacial score (nSPS) is 10.1. The van der Waals surface area contributed by atoms with Crippen molar-refractivity contribution in [3.8, 4) is 0 Å². The Hall–Kier alpha value is -1.82. The molecule has 6 heteroatoms. The van der Waals surface area contributed by atoms with Crippen LogP contribution in [0.2, 0.25) is 0 Å². The Morgan fingerprint density at radius 2 is 2.22 bits per heavy atom. The lowest BCUT2D eigenvalue weighted by Crippen LogP contribution is -2.38. The number of nitrogens with zero attached hydrogens (tertiary/aromatic N) is 1. The summed E-state index contributed by atoms with van der Waals surface area (Å²) in [6.45, 7) is 2.58. The average molecular weight is 255 g/mol. The summed E-state index contributed by atoms with van der Waals surface area (Å²) >= 11 is 0. The zero-order chi connectivity index (χ0) is 13.4. The fourth-order valence-corrected chi connectivity index (χ4v) is 1.39. The van der Waals surface area contributed by atoms with E-state index in [-0.39, 0.29) is 19.1 Å². The van der Waals surface area contributed by atoms with Gasteiger partial charge in [0.25, 0.3) is 5.91 Å². The second kappa shape index (κ2) is 7.50. The van der Waals surface area contributed by atoms with Gasteiger partial charge in [-0.2, -0.15) is 0 Å². The van der Waals surface area contributed by atoms with E-state index in [1.165, 1.54) is 24.5 Å². The van der Waals surface area contributed by atoms with Crippen molar-refractivity contribution in [2.45, 2.75) is 6.92 Å². The molecule has 0 aliphatic heterocycles. The zero-order valence-corrected chi connectivity index (χ0v) is 10.5. The maximum atomic E-state index is 12.1. The highest BCUT2D eigenvalue weighted by Gasteiger charge is 2.19. The van der Waals surface area contributed by atoms with Crippen LogP contribution in [-0.4, -0.2) is 50.2 Å². The van der Waals surface area contributed by atoms with Gasteiger partial charge in [0.15, 0.2) is 0 Å². The van der Waals surface area contributed by atoms with E-state index in [1.54, 1.807) is 13.0 Å². The minimum atomic E-state index is -0.439. The van der Waals surface area contributed by atoms with Crippen LogP contribution in [0.25, 0.3) is 0 Å². The van der Waals surface area contributed by atoms with Gasteiger partial charge in [-0.3, -0.25) is 9.59 Å². The number of carbonyl (C=O) groups excluding carboxylic acids is 2. The van der Waals surface area contributed by atoms with Crippen LogP contribution in [0.3, 0.4) is 0 Å². The molecule has 1 aromatic heterocycles. The van der Waals surface area contributed by atoms with Crippen molar-refractivity contribution < 1.29 is 23.5 Å². The van der Waals surface area contributed by atoms with Gasteiger partial charge in [-0.25, -0.2) is 0 Å². The number of furan rings is 1. The van der Waals surface area contributed by atoms with Crippen molar-refractivity contribution in [3.05, 3.63) is 24.2 Å². The maximum absolute atomic E-state index is 12.1. The number of ether oxygens (including phenoxy) is 2. The molecule has 0 spiro atoms. The number of carbonyl (C=O) groups is 2. The first-order valence-electron chi connectivity index (χ1n) is 5.65. The third-order valence-corrected chi connectivity index (χ3v) is 2.25. The summed E-state index contributed by atoms with van der Waals surface area (Å²) in [4.78, 5) is 24.8. The highest BCUT2D eigenvalue weighted by molar-refractivity contribution is 5.95. The summed E-state index contributed by atoms with van der Waals surface area (Å²) in [7, 11) is 1.53. The zero-order valence-electron chi connectivity index (χ0n) is 10.5. The summed E-state index contributed by atoms with van der Waals surface area (Å²) in [5.74, 6) is -0.723. The molecule has 1 amide bonds. The first kappa shape index (κ1) is 14.2. The van der Waals surface area contributed by atoms with Gasteiger partial charge in [0.1, 0.15) is 12.8 Å². The largest absolute Gasteiger partial charge is 0.472 e. The number of methoxy groups -OCH3 is 1. The number of hydrogen-bond acceptors (Lipinski definition) is 5. The van der Waals surface area contributed by atoms with E-state index in [2.05, 4.69) is 0 Å². The topological polar surface area (TPSA) is 69.0 Å². The Balaban J connectivity index is 2.65. The van der Waals surface area contributed by atoms with Crippen LogP contribution >= 0.6 is 0 Å². The smallest absolute Gasteiger partial charge is 0.325 e. The molecule has 0 bridgehead atoms. The summed E-state index contributed by atoms with van der Waals surface area (Å²) in [6, 6.07) is 1.55. The van der Waals surface area contributed by atoms with Crippen LogP contribution in [0, 0.1) is 0 Å². The van der Waals surface area contributed by atoms with Crippen molar-refractivity contribution in [2.24, 2.45) is 0 Å². The lowest BCUT2D eigenvalue weighted by Gasteiger charge is -2.20. The fourth-order valence-electron chi connectivity index (χ4n) is 1.39. The molecule has 0 saturated heterocycles. The quantitative estimate of drug-likeness (QED) is 0.678. The fraction of sp³-hybridized carbons (Fsp3) is 0.500. The van der Waals surface area contributed by atoms with E-state index in [9.17, 15) is 9.59 Å². The second-order valence-corrected chi connectivity index (χ2v) is 3.54. The number of esters is 1. The molecular formula is C12H17NO5. The molecule has 0 aromatic carbocycles. The van der Waals surface area contributed by atoms with Crippen LogP contribution in [0.4, 0.5) is 0 Å². The van der Waals surface area contributed by atoms with Crippen LogP contribution in [0.1, 0.15) is 17.3 Å². The molecule has 0 saturated carbocycles.